The predicted octanol–water partition coefficient (Wildman–Crippen LogP) is 3.27. The molecule has 0 saturated carbocycles. The number of rotatable bonds is 6. The van der Waals surface area contributed by atoms with Crippen LogP contribution in [0.25, 0.3) is 10.9 Å². The zero-order valence-electron chi connectivity index (χ0n) is 14.4. The van der Waals surface area contributed by atoms with Crippen LogP contribution in [-0.4, -0.2) is 36.4 Å². The van der Waals surface area contributed by atoms with E-state index in [2.05, 4.69) is 16.4 Å². The number of carbonyl (C=O) groups excluding carboxylic acids is 1. The largest absolute Gasteiger partial charge is 0.361 e. The van der Waals surface area contributed by atoms with Gasteiger partial charge in [-0.3, -0.25) is 9.69 Å². The molecule has 4 nitrogen and oxygen atoms in total. The first kappa shape index (κ1) is 17.2. The Balaban J connectivity index is 1.67. The van der Waals surface area contributed by atoms with E-state index in [1.54, 1.807) is 37.2 Å². The Morgan fingerprint density at radius 3 is 2.64 bits per heavy atom. The van der Waals surface area contributed by atoms with Crippen molar-refractivity contribution in [2.45, 2.75) is 12.5 Å². The van der Waals surface area contributed by atoms with Crippen molar-refractivity contribution in [3.63, 3.8) is 0 Å². The molecule has 1 amide bonds. The number of nitrogens with one attached hydrogen (secondary N) is 2. The van der Waals surface area contributed by atoms with Crippen molar-refractivity contribution < 1.29 is 9.18 Å². The number of aromatic amines is 1. The van der Waals surface area contributed by atoms with Gasteiger partial charge in [-0.1, -0.05) is 36.4 Å². The number of hydrogen-bond acceptors (Lipinski definition) is 2. The lowest BCUT2D eigenvalue weighted by atomic mass is 10.0. The van der Waals surface area contributed by atoms with E-state index < -0.39 is 6.04 Å². The number of carbonyl (C=O) groups is 1. The number of nitrogens with zero attached hydrogens (tertiary/aromatic N) is 1. The quantitative estimate of drug-likeness (QED) is 0.724. The number of halogens is 1. The molecule has 0 spiro atoms. The highest BCUT2D eigenvalue weighted by atomic mass is 19.1. The SMILES string of the molecule is CN(C)C(C(=O)NCCc1c[nH]c2ccccc12)c1ccccc1F. The van der Waals surface area contributed by atoms with Gasteiger partial charge in [0.2, 0.25) is 5.91 Å². The monoisotopic (exact) mass is 339 g/mol. The molecule has 5 heteroatoms. The van der Waals surface area contributed by atoms with Crippen molar-refractivity contribution in [3.05, 3.63) is 71.7 Å². The van der Waals surface area contributed by atoms with Crippen LogP contribution in [0.1, 0.15) is 17.2 Å². The van der Waals surface area contributed by atoms with Gasteiger partial charge < -0.3 is 10.3 Å². The molecule has 0 bridgehead atoms. The second kappa shape index (κ2) is 7.49. The smallest absolute Gasteiger partial charge is 0.242 e. The summed E-state index contributed by atoms with van der Waals surface area (Å²) in [6, 6.07) is 13.8. The average Bonchev–Trinajstić information content (AvgIpc) is 3.00. The van der Waals surface area contributed by atoms with Crippen molar-refractivity contribution in [1.29, 1.82) is 0 Å². The minimum atomic E-state index is -0.649. The predicted molar refractivity (Wildman–Crippen MR) is 97.8 cm³/mol. The molecule has 2 N–H and O–H groups in total. The van der Waals surface area contributed by atoms with Crippen LogP contribution in [0.3, 0.4) is 0 Å². The third-order valence-electron chi connectivity index (χ3n) is 4.33. The Bertz CT molecular complexity index is 872. The number of aromatic nitrogens is 1. The Labute approximate surface area is 146 Å². The summed E-state index contributed by atoms with van der Waals surface area (Å²) in [7, 11) is 3.55. The second-order valence-electron chi connectivity index (χ2n) is 6.29. The van der Waals surface area contributed by atoms with E-state index in [9.17, 15) is 9.18 Å². The van der Waals surface area contributed by atoms with Crippen molar-refractivity contribution >= 4 is 16.8 Å². The van der Waals surface area contributed by atoms with Crippen LogP contribution >= 0.6 is 0 Å². The molecule has 0 saturated heterocycles. The molecular weight excluding hydrogens is 317 g/mol. The number of hydrogen-bond donors (Lipinski definition) is 2. The van der Waals surface area contributed by atoms with Crippen molar-refractivity contribution in [1.82, 2.24) is 15.2 Å². The lowest BCUT2D eigenvalue weighted by Gasteiger charge is -2.24. The van der Waals surface area contributed by atoms with Crippen LogP contribution in [0.15, 0.2) is 54.7 Å². The maximum Gasteiger partial charge on any atom is 0.242 e. The van der Waals surface area contributed by atoms with E-state index in [0.717, 1.165) is 16.5 Å². The molecule has 0 radical (unpaired) electrons. The van der Waals surface area contributed by atoms with E-state index in [-0.39, 0.29) is 11.7 Å². The normalized spacial score (nSPS) is 12.5. The Morgan fingerprint density at radius 1 is 1.16 bits per heavy atom. The summed E-state index contributed by atoms with van der Waals surface area (Å²) in [5.74, 6) is -0.567. The van der Waals surface area contributed by atoms with Gasteiger partial charge >= 0.3 is 0 Å². The van der Waals surface area contributed by atoms with Gasteiger partial charge in [-0.25, -0.2) is 4.39 Å². The summed E-state index contributed by atoms with van der Waals surface area (Å²) in [5.41, 5.74) is 2.63. The molecule has 1 aromatic heterocycles. The minimum Gasteiger partial charge on any atom is -0.361 e. The first-order valence-corrected chi connectivity index (χ1v) is 8.31. The van der Waals surface area contributed by atoms with Gasteiger partial charge in [-0.05, 0) is 38.2 Å². The number of fused-ring (bicyclic) bond motifs is 1. The molecule has 130 valence electrons. The molecule has 3 aromatic rings. The molecule has 2 aromatic carbocycles. The lowest BCUT2D eigenvalue weighted by molar-refractivity contribution is -0.125. The minimum absolute atomic E-state index is 0.199. The van der Waals surface area contributed by atoms with Crippen LogP contribution in [0.2, 0.25) is 0 Å². The van der Waals surface area contributed by atoms with E-state index in [0.29, 0.717) is 18.5 Å². The van der Waals surface area contributed by atoms with Crippen molar-refractivity contribution in [2.24, 2.45) is 0 Å². The molecule has 3 rings (SSSR count). The fraction of sp³-hybridized carbons (Fsp3) is 0.250. The zero-order chi connectivity index (χ0) is 17.8. The molecule has 1 atom stereocenters. The molecule has 0 aliphatic heterocycles. The van der Waals surface area contributed by atoms with E-state index in [4.69, 9.17) is 0 Å². The van der Waals surface area contributed by atoms with Crippen LogP contribution < -0.4 is 5.32 Å². The van der Waals surface area contributed by atoms with Gasteiger partial charge in [0.1, 0.15) is 11.9 Å². The van der Waals surface area contributed by atoms with E-state index >= 15 is 0 Å². The lowest BCUT2D eigenvalue weighted by Crippen LogP contribution is -2.38. The molecule has 0 aliphatic carbocycles. The fourth-order valence-electron chi connectivity index (χ4n) is 3.11. The van der Waals surface area contributed by atoms with Crippen LogP contribution in [0.4, 0.5) is 4.39 Å². The number of amides is 1. The molecule has 25 heavy (non-hydrogen) atoms. The van der Waals surface area contributed by atoms with Gasteiger partial charge in [0.05, 0.1) is 0 Å². The molecule has 1 unspecified atom stereocenters. The Morgan fingerprint density at radius 2 is 1.88 bits per heavy atom. The summed E-state index contributed by atoms with van der Waals surface area (Å²) < 4.78 is 14.1. The third kappa shape index (κ3) is 3.72. The summed E-state index contributed by atoms with van der Waals surface area (Å²) >= 11 is 0. The molecule has 0 aliphatic rings. The molecular formula is C20H22FN3O. The van der Waals surface area contributed by atoms with E-state index in [1.807, 2.05) is 24.4 Å². The highest BCUT2D eigenvalue weighted by Crippen LogP contribution is 2.22. The number of likely N-dealkylation sites (N-methyl/N-ethyl adjacent to an activating group) is 1. The Hall–Kier alpha value is -2.66. The molecule has 1 heterocycles. The van der Waals surface area contributed by atoms with Gasteiger partial charge in [0, 0.05) is 29.2 Å². The summed E-state index contributed by atoms with van der Waals surface area (Å²) in [4.78, 5) is 17.6. The highest BCUT2D eigenvalue weighted by Gasteiger charge is 2.25. The maximum atomic E-state index is 14.1. The first-order valence-electron chi connectivity index (χ1n) is 8.31. The summed E-state index contributed by atoms with van der Waals surface area (Å²) in [6.45, 7) is 0.499. The summed E-state index contributed by atoms with van der Waals surface area (Å²) in [6.07, 6.45) is 2.68. The average molecular weight is 339 g/mol. The second-order valence-corrected chi connectivity index (χ2v) is 6.29. The van der Waals surface area contributed by atoms with Gasteiger partial charge in [0.15, 0.2) is 0 Å². The Kier molecular flexibility index (Phi) is 5.14. The number of H-pyrrole nitrogens is 1. The number of benzene rings is 2. The van der Waals surface area contributed by atoms with Gasteiger partial charge in [0.25, 0.3) is 0 Å². The maximum absolute atomic E-state index is 14.1. The van der Waals surface area contributed by atoms with Crippen molar-refractivity contribution in [2.75, 3.05) is 20.6 Å². The fourth-order valence-corrected chi connectivity index (χ4v) is 3.11. The highest BCUT2D eigenvalue weighted by molar-refractivity contribution is 5.84. The van der Waals surface area contributed by atoms with Crippen LogP contribution in [0, 0.1) is 5.82 Å². The summed E-state index contributed by atoms with van der Waals surface area (Å²) in [5, 5.41) is 4.09. The van der Waals surface area contributed by atoms with Crippen molar-refractivity contribution in [3.8, 4) is 0 Å². The van der Waals surface area contributed by atoms with Crippen LogP contribution in [0.5, 0.6) is 0 Å². The van der Waals surface area contributed by atoms with E-state index in [1.165, 1.54) is 6.07 Å². The van der Waals surface area contributed by atoms with Gasteiger partial charge in [-0.2, -0.15) is 0 Å². The number of para-hydroxylation sites is 1. The van der Waals surface area contributed by atoms with Crippen LogP contribution in [-0.2, 0) is 11.2 Å². The van der Waals surface area contributed by atoms with Gasteiger partial charge in [-0.15, -0.1) is 0 Å². The topological polar surface area (TPSA) is 48.1 Å². The standard InChI is InChI=1S/C20H22FN3O/c1-24(2)19(16-8-3-5-9-17(16)21)20(25)22-12-11-14-13-23-18-10-6-4-7-15(14)18/h3-10,13,19,23H,11-12H2,1-2H3,(H,22,25). The zero-order valence-corrected chi connectivity index (χ0v) is 14.4. The molecule has 0 fully saturated rings. The third-order valence-corrected chi connectivity index (χ3v) is 4.33. The first-order chi connectivity index (χ1) is 12.1.